The first-order valence-electron chi connectivity index (χ1n) is 16.2. The molecule has 0 fully saturated rings. The summed E-state index contributed by atoms with van der Waals surface area (Å²) >= 11 is 0. The zero-order valence-electron chi connectivity index (χ0n) is 27.7. The third-order valence-corrected chi connectivity index (χ3v) is 10.1. The summed E-state index contributed by atoms with van der Waals surface area (Å²) in [6, 6.07) is 12.9. The molecule has 0 spiro atoms. The summed E-state index contributed by atoms with van der Waals surface area (Å²) in [6.07, 6.45) is 10.9. The van der Waals surface area contributed by atoms with Gasteiger partial charge in [0.05, 0.1) is 28.4 Å². The molecule has 8 nitrogen and oxygen atoms in total. The zero-order chi connectivity index (χ0) is 31.9. The highest BCUT2D eigenvalue weighted by atomic mass is 16.5. The first-order valence-corrected chi connectivity index (χ1v) is 16.2. The van der Waals surface area contributed by atoms with Crippen LogP contribution in [0.25, 0.3) is 0 Å². The van der Waals surface area contributed by atoms with Gasteiger partial charge in [-0.1, -0.05) is 18.2 Å². The minimum absolute atomic E-state index is 0.0158. The molecule has 2 unspecified atom stereocenters. The van der Waals surface area contributed by atoms with E-state index in [2.05, 4.69) is 72.5 Å². The van der Waals surface area contributed by atoms with Crippen molar-refractivity contribution in [2.45, 2.75) is 50.3 Å². The number of rotatable bonds is 4. The van der Waals surface area contributed by atoms with Gasteiger partial charge in [-0.25, -0.2) is 0 Å². The van der Waals surface area contributed by atoms with Gasteiger partial charge in [-0.2, -0.15) is 0 Å². The molecule has 4 aliphatic rings. The summed E-state index contributed by atoms with van der Waals surface area (Å²) in [5.41, 5.74) is 7.25. The Bertz CT molecular complexity index is 1700. The number of ether oxygens (including phenoxy) is 6. The van der Waals surface area contributed by atoms with Gasteiger partial charge in [-0.3, -0.25) is 9.80 Å². The van der Waals surface area contributed by atoms with E-state index in [0.717, 1.165) is 67.8 Å². The number of hydrogen-bond donors (Lipinski definition) is 0. The summed E-state index contributed by atoms with van der Waals surface area (Å²) in [6.45, 7) is 1.87. The number of benzene rings is 3. The predicted octanol–water partition coefficient (Wildman–Crippen LogP) is 6.85. The zero-order valence-corrected chi connectivity index (χ0v) is 27.7. The Morgan fingerprint density at radius 1 is 0.739 bits per heavy atom. The molecule has 3 heterocycles. The Morgan fingerprint density at radius 2 is 1.48 bits per heavy atom. The van der Waals surface area contributed by atoms with Gasteiger partial charge in [0.2, 0.25) is 5.75 Å². The number of hydrogen-bond acceptors (Lipinski definition) is 8. The minimum Gasteiger partial charge on any atom is -0.493 e. The van der Waals surface area contributed by atoms with Crippen LogP contribution in [0.3, 0.4) is 0 Å². The van der Waals surface area contributed by atoms with Crippen molar-refractivity contribution in [3.05, 3.63) is 88.0 Å². The monoisotopic (exact) mass is 624 g/mol. The highest BCUT2D eigenvalue weighted by molar-refractivity contribution is 5.63. The molecule has 0 saturated heterocycles. The van der Waals surface area contributed by atoms with E-state index >= 15 is 0 Å². The van der Waals surface area contributed by atoms with Crippen molar-refractivity contribution < 1.29 is 28.4 Å². The first-order chi connectivity index (χ1) is 22.4. The second-order valence-corrected chi connectivity index (χ2v) is 12.7. The molecule has 46 heavy (non-hydrogen) atoms. The topological polar surface area (TPSA) is 61.9 Å². The van der Waals surface area contributed by atoms with E-state index in [1.165, 1.54) is 22.3 Å². The van der Waals surface area contributed by atoms with Gasteiger partial charge in [-0.05, 0) is 104 Å². The van der Waals surface area contributed by atoms with E-state index in [4.69, 9.17) is 28.4 Å². The van der Waals surface area contributed by atoms with Gasteiger partial charge < -0.3 is 28.4 Å². The Labute approximate surface area is 272 Å². The number of fused-ring (bicyclic) bond motifs is 4. The second kappa shape index (κ2) is 12.6. The SMILES string of the molecule is COc1cc2c3cc1Oc1c(OC)c(OC)cc4c1[C@H](Cc1ccc(OC)c(c1)OC1C=C(C=CC1)CC3N(C)CC2)N(C)CC4. The number of allylic oxidation sites excluding steroid dienone is 1. The van der Waals surface area contributed by atoms with Crippen LogP contribution < -0.4 is 28.4 Å². The molecule has 3 aromatic rings. The fraction of sp³-hybridized carbons (Fsp3) is 0.421. The lowest BCUT2D eigenvalue weighted by atomic mass is 9.87. The van der Waals surface area contributed by atoms with Crippen LogP contribution in [0.15, 0.2) is 60.2 Å². The highest BCUT2D eigenvalue weighted by Crippen LogP contribution is 2.52. The largest absolute Gasteiger partial charge is 0.493 e. The molecule has 0 saturated carbocycles. The average Bonchev–Trinajstić information content (AvgIpc) is 3.07. The predicted molar refractivity (Wildman–Crippen MR) is 178 cm³/mol. The van der Waals surface area contributed by atoms with E-state index in [0.29, 0.717) is 28.7 Å². The average molecular weight is 625 g/mol. The molecule has 0 radical (unpaired) electrons. The molecular weight excluding hydrogens is 580 g/mol. The number of methoxy groups -OCH3 is 4. The van der Waals surface area contributed by atoms with Gasteiger partial charge in [0.1, 0.15) is 6.10 Å². The molecule has 0 aromatic heterocycles. The standard InChI is InChI=1S/C38H44N2O6/c1-39-14-12-25-20-32(42-4)34-22-28(25)29(39)17-23-8-7-9-27(16-23)45-33-19-24(10-11-31(33)41-3)18-30-36-26(13-15-40(30)2)21-35(43-5)37(44-6)38(36)46-34/h7-8,10-11,16,19-22,27,29-30H,9,12-15,17-18H2,1-6H3/t27?,29?,30-/m0/s1. The first kappa shape index (κ1) is 30.5. The second-order valence-electron chi connectivity index (χ2n) is 12.7. The smallest absolute Gasteiger partial charge is 0.204 e. The third-order valence-electron chi connectivity index (χ3n) is 10.1. The Morgan fingerprint density at radius 3 is 2.24 bits per heavy atom. The van der Waals surface area contributed by atoms with Crippen LogP contribution in [0.5, 0.6) is 40.2 Å². The maximum absolute atomic E-state index is 7.04. The molecular formula is C38H44N2O6. The van der Waals surface area contributed by atoms with Crippen molar-refractivity contribution >= 4 is 0 Å². The van der Waals surface area contributed by atoms with Crippen molar-refractivity contribution in [3.8, 4) is 40.2 Å². The van der Waals surface area contributed by atoms with Gasteiger partial charge in [-0.15, -0.1) is 0 Å². The van der Waals surface area contributed by atoms with E-state index < -0.39 is 0 Å². The Hall–Kier alpha value is -4.14. The van der Waals surface area contributed by atoms with E-state index in [-0.39, 0.29) is 18.2 Å². The Balaban J connectivity index is 1.46. The maximum atomic E-state index is 7.04. The van der Waals surface area contributed by atoms with Crippen LogP contribution in [0.4, 0.5) is 0 Å². The minimum atomic E-state index is -0.0793. The normalized spacial score (nSPS) is 22.4. The van der Waals surface area contributed by atoms with Crippen molar-refractivity contribution in [2.75, 3.05) is 55.6 Å². The van der Waals surface area contributed by atoms with Crippen molar-refractivity contribution in [2.24, 2.45) is 0 Å². The van der Waals surface area contributed by atoms with Gasteiger partial charge in [0.25, 0.3) is 0 Å². The maximum Gasteiger partial charge on any atom is 0.204 e. The van der Waals surface area contributed by atoms with Crippen LogP contribution in [0.1, 0.15) is 52.7 Å². The lowest BCUT2D eigenvalue weighted by molar-refractivity contribution is 0.220. The molecule has 242 valence electrons. The van der Waals surface area contributed by atoms with Gasteiger partial charge in [0, 0.05) is 37.2 Å². The fourth-order valence-corrected chi connectivity index (χ4v) is 7.56. The molecule has 8 heteroatoms. The highest BCUT2D eigenvalue weighted by Gasteiger charge is 2.35. The molecule has 6 bridgehead atoms. The van der Waals surface area contributed by atoms with E-state index in [9.17, 15) is 0 Å². The van der Waals surface area contributed by atoms with Crippen LogP contribution in [0, 0.1) is 0 Å². The fourth-order valence-electron chi connectivity index (χ4n) is 7.56. The number of likely N-dealkylation sites (N-methyl/N-ethyl adjacent to an activating group) is 2. The molecule has 0 amide bonds. The van der Waals surface area contributed by atoms with Crippen molar-refractivity contribution in [1.82, 2.24) is 9.80 Å². The molecule has 3 aliphatic heterocycles. The molecule has 0 N–H and O–H groups in total. The summed E-state index contributed by atoms with van der Waals surface area (Å²) in [4.78, 5) is 4.84. The van der Waals surface area contributed by atoms with Gasteiger partial charge >= 0.3 is 0 Å². The quantitative estimate of drug-likeness (QED) is 0.313. The van der Waals surface area contributed by atoms with E-state index in [1.54, 1.807) is 28.4 Å². The summed E-state index contributed by atoms with van der Waals surface area (Å²) in [5, 5.41) is 0. The van der Waals surface area contributed by atoms with Crippen molar-refractivity contribution in [1.29, 1.82) is 0 Å². The summed E-state index contributed by atoms with van der Waals surface area (Å²) < 4.78 is 37.4. The number of nitrogens with zero attached hydrogens (tertiary/aromatic N) is 2. The summed E-state index contributed by atoms with van der Waals surface area (Å²) in [7, 11) is 11.2. The van der Waals surface area contributed by atoms with Crippen LogP contribution in [-0.4, -0.2) is 71.5 Å². The molecule has 3 atom stereocenters. The molecule has 7 rings (SSSR count). The van der Waals surface area contributed by atoms with Crippen molar-refractivity contribution in [3.63, 3.8) is 0 Å². The lowest BCUT2D eigenvalue weighted by Crippen LogP contribution is -2.34. The Kier molecular flexibility index (Phi) is 8.34. The third kappa shape index (κ3) is 5.47. The van der Waals surface area contributed by atoms with Crippen LogP contribution in [-0.2, 0) is 19.3 Å². The molecule has 3 aromatic carbocycles. The van der Waals surface area contributed by atoms with Crippen LogP contribution in [0.2, 0.25) is 0 Å². The van der Waals surface area contributed by atoms with E-state index in [1.807, 2.05) is 6.07 Å². The lowest BCUT2D eigenvalue weighted by Gasteiger charge is -2.37. The molecule has 1 aliphatic carbocycles. The summed E-state index contributed by atoms with van der Waals surface area (Å²) in [5.74, 6) is 4.79. The van der Waals surface area contributed by atoms with Crippen LogP contribution >= 0.6 is 0 Å². The van der Waals surface area contributed by atoms with Gasteiger partial charge in [0.15, 0.2) is 34.5 Å².